The summed E-state index contributed by atoms with van der Waals surface area (Å²) < 4.78 is 5.88. The van der Waals surface area contributed by atoms with E-state index < -0.39 is 103 Å². The SMILES string of the molecule is Nc1nc2ncc(CCc3ccc(C(=O)C[C@H](CCC(=O)NC[C@H](N)C(=O)N[C@@H](CC(=O)O)C(=O)C[C@@H](CSSCCNC(=O)Oc4cc5c(c6ccccc46)[C@@H](CCl)CN5C(=O)c4cc5cc(CC(=O)c6cc7ccccc7[nH]6)ccc5[nH]4)C(=O)O)C(=O)O)cc3)nc2c(=O)[nH]1. The number of aryl methyl sites for hydroxylation is 2. The molecule has 0 saturated heterocycles. The highest BCUT2D eigenvalue weighted by molar-refractivity contribution is 8.76. The summed E-state index contributed by atoms with van der Waals surface area (Å²) in [6, 6.07) is 28.9. The van der Waals surface area contributed by atoms with E-state index in [4.69, 9.17) is 27.8 Å². The third-order valence-electron chi connectivity index (χ3n) is 16.3. The number of anilines is 2. The van der Waals surface area contributed by atoms with Crippen molar-refractivity contribution in [1.82, 2.24) is 45.9 Å². The first-order valence-corrected chi connectivity index (χ1v) is 33.6. The second kappa shape index (κ2) is 31.4. The Morgan fingerprint density at radius 3 is 2.20 bits per heavy atom. The number of hydrogen-bond acceptors (Lipinski definition) is 19. The van der Waals surface area contributed by atoms with Crippen LogP contribution in [0.3, 0.4) is 0 Å². The maximum absolute atomic E-state index is 14.5. The number of halogens is 1. The Labute approximate surface area is 564 Å². The molecule has 0 aliphatic carbocycles. The summed E-state index contributed by atoms with van der Waals surface area (Å²) in [4.78, 5) is 165. The van der Waals surface area contributed by atoms with Crippen LogP contribution in [-0.2, 0) is 48.0 Å². The Morgan fingerprint density at radius 1 is 0.742 bits per heavy atom. The van der Waals surface area contributed by atoms with Crippen LogP contribution in [0.2, 0.25) is 0 Å². The van der Waals surface area contributed by atoms with Crippen molar-refractivity contribution in [1.29, 1.82) is 0 Å². The summed E-state index contributed by atoms with van der Waals surface area (Å²) >= 11 is 6.56. The van der Waals surface area contributed by atoms with Gasteiger partial charge in [0.1, 0.15) is 17.5 Å². The van der Waals surface area contributed by atoms with Crippen molar-refractivity contribution in [2.45, 2.75) is 69.4 Å². The molecule has 0 radical (unpaired) electrons. The number of aromatic nitrogens is 6. The highest BCUT2D eigenvalue weighted by atomic mass is 35.5. The van der Waals surface area contributed by atoms with Crippen molar-refractivity contribution >= 4 is 148 Å². The molecule has 4 aromatic heterocycles. The second-order valence-corrected chi connectivity index (χ2v) is 26.1. The zero-order valence-electron chi connectivity index (χ0n) is 51.6. The maximum atomic E-state index is 14.5. The highest BCUT2D eigenvalue weighted by Crippen LogP contribution is 2.46. The molecule has 13 N–H and O–H groups in total. The van der Waals surface area contributed by atoms with E-state index in [-0.39, 0.29) is 95.8 Å². The molecule has 5 heterocycles. The molecule has 97 heavy (non-hydrogen) atoms. The number of aromatic amines is 3. The van der Waals surface area contributed by atoms with Gasteiger partial charge in [-0.15, -0.1) is 11.6 Å². The monoisotopic (exact) mass is 1380 g/mol. The predicted molar refractivity (Wildman–Crippen MR) is 364 cm³/mol. The predicted octanol–water partition coefficient (Wildman–Crippen LogP) is 6.89. The fourth-order valence-corrected chi connectivity index (χ4v) is 13.7. The van der Waals surface area contributed by atoms with Crippen LogP contribution in [0, 0.1) is 11.8 Å². The number of nitrogen functional groups attached to an aromatic ring is 1. The van der Waals surface area contributed by atoms with E-state index in [2.05, 4.69) is 45.9 Å². The number of hydrogen-bond donors (Lipinski definition) is 11. The first-order chi connectivity index (χ1) is 46.6. The molecule has 0 fully saturated rings. The van der Waals surface area contributed by atoms with E-state index in [0.717, 1.165) is 49.2 Å². The third kappa shape index (κ3) is 17.3. The summed E-state index contributed by atoms with van der Waals surface area (Å²) in [5.74, 6) is -10.3. The topological polar surface area (TPSA) is 435 Å². The number of nitrogens with two attached hydrogens (primary N) is 2. The second-order valence-electron chi connectivity index (χ2n) is 23.2. The van der Waals surface area contributed by atoms with Crippen molar-refractivity contribution in [2.24, 2.45) is 17.6 Å². The fraction of sp³-hybridized carbons (Fsp3) is 0.284. The summed E-state index contributed by atoms with van der Waals surface area (Å²) in [7, 11) is 2.25. The molecule has 502 valence electrons. The number of nitrogens with zero attached hydrogens (tertiary/aromatic N) is 4. The number of carbonyl (C=O) groups is 10. The maximum Gasteiger partial charge on any atom is 0.412 e. The van der Waals surface area contributed by atoms with Gasteiger partial charge in [-0.3, -0.25) is 52.9 Å². The van der Waals surface area contributed by atoms with E-state index in [1.807, 2.05) is 60.7 Å². The van der Waals surface area contributed by atoms with Crippen molar-refractivity contribution in [3.63, 3.8) is 0 Å². The number of rotatable bonds is 32. The zero-order chi connectivity index (χ0) is 69.0. The van der Waals surface area contributed by atoms with Gasteiger partial charge >= 0.3 is 24.0 Å². The molecule has 1 aliphatic heterocycles. The molecule has 4 amide bonds. The molecule has 10 rings (SSSR count). The number of carboxylic acids is 3. The van der Waals surface area contributed by atoms with Gasteiger partial charge in [-0.1, -0.05) is 94.4 Å². The van der Waals surface area contributed by atoms with Gasteiger partial charge in [-0.2, -0.15) is 4.98 Å². The Bertz CT molecular complexity index is 4590. The molecule has 9 aromatic rings. The summed E-state index contributed by atoms with van der Waals surface area (Å²) in [5.41, 5.74) is 17.2. The molecule has 5 atom stereocenters. The molecular weight excluding hydrogens is 1310 g/mol. The number of aliphatic carboxylic acids is 3. The number of Topliss-reactive ketones (excluding diaryl/α,β-unsaturated/α-hetero) is 3. The number of carboxylic acid groups (broad SMARTS) is 3. The standard InChI is InChI=1S/C67H65ClN12O15S2/c68-29-41-32-80(63(89)50-24-39-21-35(12-17-47(39)76-50)22-53(82)48-23-37-5-1-4-8-46(37)75-48)51-28-55(43-6-2-3-7-44(43)58(41)51)95-67(94)71-19-20-96-97-33-40(65(92)93)26-54(83)49(27-57(85)86)77-61(87)45(69)31-72-56(84)18-15-38(64(90)91)25-52(81)36-13-9-34(10-14-36)11-16-42-30-73-60-59(74-42)62(88)79-66(70)78-60/h1-10,12-14,17,21,23-24,28,30,38,40-41,45,49,75-76H,11,15-16,18-20,22,25-27,29,31-33,69H2,(H,71,94)(H,72,84)(H,77,87)(H,85,86)(H,90,91)(H,92,93)(H3,70,73,78,79,88)/t38-,40-,41-,45-,49-/m0/s1. The van der Waals surface area contributed by atoms with Crippen LogP contribution < -0.4 is 42.6 Å². The minimum atomic E-state index is -1.70. The number of fused-ring (bicyclic) bond motifs is 6. The first kappa shape index (κ1) is 69.3. The molecule has 0 spiro atoms. The van der Waals surface area contributed by atoms with E-state index in [1.54, 1.807) is 53.4 Å². The minimum absolute atomic E-state index is 0.0402. The minimum Gasteiger partial charge on any atom is -0.481 e. The number of alkyl halides is 1. The molecule has 30 heteroatoms. The van der Waals surface area contributed by atoms with Gasteiger partial charge in [-0.05, 0) is 71.7 Å². The Morgan fingerprint density at radius 2 is 1.45 bits per heavy atom. The third-order valence-corrected chi connectivity index (χ3v) is 19.2. The van der Waals surface area contributed by atoms with Crippen molar-refractivity contribution < 1.29 is 68.0 Å². The van der Waals surface area contributed by atoms with Crippen LogP contribution in [0.5, 0.6) is 5.75 Å². The number of nitrogens with one attached hydrogen (secondary N) is 6. The Kier molecular flexibility index (Phi) is 22.4. The van der Waals surface area contributed by atoms with Crippen LogP contribution in [0.1, 0.15) is 91.7 Å². The van der Waals surface area contributed by atoms with Gasteiger partial charge in [0.05, 0.1) is 47.6 Å². The molecule has 5 aromatic carbocycles. The average Bonchev–Trinajstić information content (AvgIpc) is 1.61. The largest absolute Gasteiger partial charge is 0.481 e. The molecule has 1 aliphatic rings. The van der Waals surface area contributed by atoms with E-state index in [0.29, 0.717) is 46.5 Å². The number of para-hydroxylation sites is 1. The molecule has 0 saturated carbocycles. The van der Waals surface area contributed by atoms with Gasteiger partial charge in [0.15, 0.2) is 28.5 Å². The molecule has 0 unspecified atom stereocenters. The van der Waals surface area contributed by atoms with Gasteiger partial charge in [0, 0.05) is 107 Å². The first-order valence-electron chi connectivity index (χ1n) is 30.6. The number of amides is 4. The highest BCUT2D eigenvalue weighted by Gasteiger charge is 2.37. The lowest BCUT2D eigenvalue weighted by molar-refractivity contribution is -0.144. The lowest BCUT2D eigenvalue weighted by atomic mass is 9.93. The smallest absolute Gasteiger partial charge is 0.412 e. The summed E-state index contributed by atoms with van der Waals surface area (Å²) in [6.07, 6.45) is -0.997. The summed E-state index contributed by atoms with van der Waals surface area (Å²) in [6.45, 7) is -0.219. The Balaban J connectivity index is 0.654. The Hall–Kier alpha value is -10.5. The molecular formula is C67H65ClN12O15S2. The van der Waals surface area contributed by atoms with E-state index in [9.17, 15) is 68.1 Å². The van der Waals surface area contributed by atoms with Crippen LogP contribution in [0.15, 0.2) is 120 Å². The quantitative estimate of drug-likeness (QED) is 0.00884. The normalized spacial score (nSPS) is 14.0. The van der Waals surface area contributed by atoms with Crippen LogP contribution in [0.4, 0.5) is 16.4 Å². The van der Waals surface area contributed by atoms with Crippen LogP contribution in [0.25, 0.3) is 43.7 Å². The number of benzene rings is 5. The van der Waals surface area contributed by atoms with Crippen molar-refractivity contribution in [2.75, 3.05) is 47.7 Å². The lowest BCUT2D eigenvalue weighted by Crippen LogP contribution is -2.53. The number of carbonyl (C=O) groups excluding carboxylic acids is 7. The molecule has 27 nitrogen and oxygen atoms in total. The van der Waals surface area contributed by atoms with Crippen LogP contribution in [-0.4, -0.2) is 153 Å². The van der Waals surface area contributed by atoms with Crippen LogP contribution >= 0.6 is 33.2 Å². The average molecular weight is 1380 g/mol. The molecule has 0 bridgehead atoms. The van der Waals surface area contributed by atoms with Gasteiger partial charge < -0.3 is 62.3 Å². The lowest BCUT2D eigenvalue weighted by Gasteiger charge is -2.21. The van der Waals surface area contributed by atoms with Gasteiger partial charge in [0.2, 0.25) is 17.8 Å². The van der Waals surface area contributed by atoms with Gasteiger partial charge in [0.25, 0.3) is 11.5 Å². The van der Waals surface area contributed by atoms with E-state index >= 15 is 0 Å². The number of ether oxygens (including phenoxy) is 1. The zero-order valence-corrected chi connectivity index (χ0v) is 54.0. The fourth-order valence-electron chi connectivity index (χ4n) is 11.3. The summed E-state index contributed by atoms with van der Waals surface area (Å²) in [5, 5.41) is 39.9. The number of H-pyrrole nitrogens is 3. The van der Waals surface area contributed by atoms with Crippen molar-refractivity contribution in [3.05, 3.63) is 165 Å². The number of ketones is 3. The van der Waals surface area contributed by atoms with Gasteiger partial charge in [-0.25, -0.2) is 14.8 Å². The van der Waals surface area contributed by atoms with Crippen molar-refractivity contribution in [3.8, 4) is 5.75 Å². The van der Waals surface area contributed by atoms with E-state index in [1.165, 1.54) is 17.0 Å².